The summed E-state index contributed by atoms with van der Waals surface area (Å²) in [5.74, 6) is -0.180. The van der Waals surface area contributed by atoms with Crippen LogP contribution in [0.5, 0.6) is 0 Å². The lowest BCUT2D eigenvalue weighted by Crippen LogP contribution is -2.30. The minimum atomic E-state index is -0.569. The van der Waals surface area contributed by atoms with Crippen LogP contribution in [0.25, 0.3) is 0 Å². The van der Waals surface area contributed by atoms with Crippen LogP contribution in [0.3, 0.4) is 0 Å². The first-order valence-electron chi connectivity index (χ1n) is 4.67. The molecule has 2 aliphatic rings. The summed E-state index contributed by atoms with van der Waals surface area (Å²) in [6.07, 6.45) is -0.801. The van der Waals surface area contributed by atoms with Crippen molar-refractivity contribution in [1.82, 2.24) is 0 Å². The van der Waals surface area contributed by atoms with Gasteiger partial charge in [-0.05, 0) is 13.8 Å². The van der Waals surface area contributed by atoms with Gasteiger partial charge in [-0.1, -0.05) is 0 Å². The van der Waals surface area contributed by atoms with E-state index >= 15 is 0 Å². The zero-order chi connectivity index (χ0) is 10.3. The fraction of sp³-hybridized carbons (Fsp3) is 1.00. The molecule has 0 radical (unpaired) electrons. The molecule has 2 saturated heterocycles. The highest BCUT2D eigenvalue weighted by Crippen LogP contribution is 2.39. The number of hydrogen-bond donors (Lipinski definition) is 0. The van der Waals surface area contributed by atoms with Crippen molar-refractivity contribution < 1.29 is 18.9 Å². The van der Waals surface area contributed by atoms with Crippen molar-refractivity contribution in [2.75, 3.05) is 13.0 Å². The Morgan fingerprint density at radius 3 is 2.50 bits per heavy atom. The van der Waals surface area contributed by atoms with Crippen LogP contribution < -0.4 is 0 Å². The van der Waals surface area contributed by atoms with E-state index in [2.05, 4.69) is 0 Å². The van der Waals surface area contributed by atoms with Crippen LogP contribution in [0.4, 0.5) is 0 Å². The number of methoxy groups -OCH3 is 1. The number of alkyl halides is 1. The summed E-state index contributed by atoms with van der Waals surface area (Å²) < 4.78 is 22.1. The molecule has 0 aromatic heterocycles. The zero-order valence-corrected chi connectivity index (χ0v) is 9.28. The molecule has 0 bridgehead atoms. The van der Waals surface area contributed by atoms with Crippen molar-refractivity contribution in [2.24, 2.45) is 0 Å². The molecule has 2 aliphatic heterocycles. The van der Waals surface area contributed by atoms with Gasteiger partial charge in [0.05, 0.1) is 5.88 Å². The van der Waals surface area contributed by atoms with Gasteiger partial charge in [0.25, 0.3) is 0 Å². The highest BCUT2D eigenvalue weighted by molar-refractivity contribution is 6.18. The van der Waals surface area contributed by atoms with E-state index in [-0.39, 0.29) is 24.6 Å². The molecule has 14 heavy (non-hydrogen) atoms. The van der Waals surface area contributed by atoms with E-state index in [0.717, 1.165) is 0 Å². The van der Waals surface area contributed by atoms with E-state index in [4.69, 9.17) is 30.5 Å². The Kier molecular flexibility index (Phi) is 2.74. The molecule has 2 rings (SSSR count). The van der Waals surface area contributed by atoms with Crippen molar-refractivity contribution >= 4 is 11.6 Å². The van der Waals surface area contributed by atoms with E-state index in [1.165, 1.54) is 0 Å². The molecule has 0 saturated carbocycles. The van der Waals surface area contributed by atoms with E-state index in [1.54, 1.807) is 7.11 Å². The van der Waals surface area contributed by atoms with Crippen LogP contribution in [0.15, 0.2) is 0 Å². The zero-order valence-electron chi connectivity index (χ0n) is 8.53. The number of hydrogen-bond acceptors (Lipinski definition) is 4. The third-order valence-electron chi connectivity index (χ3n) is 2.49. The fourth-order valence-corrected chi connectivity index (χ4v) is 2.20. The average Bonchev–Trinajstić information content (AvgIpc) is 2.57. The molecule has 0 N–H and O–H groups in total. The molecule has 0 amide bonds. The lowest BCUT2D eigenvalue weighted by molar-refractivity contribution is -0.224. The highest BCUT2D eigenvalue weighted by Gasteiger charge is 2.55. The second kappa shape index (κ2) is 3.61. The van der Waals surface area contributed by atoms with Crippen molar-refractivity contribution in [3.05, 3.63) is 0 Å². The molecule has 82 valence electrons. The maximum atomic E-state index is 5.77. The van der Waals surface area contributed by atoms with Crippen LogP contribution >= 0.6 is 11.6 Å². The maximum absolute atomic E-state index is 5.77. The minimum Gasteiger partial charge on any atom is -0.353 e. The maximum Gasteiger partial charge on any atom is 0.186 e. The number of fused-ring (bicyclic) bond motifs is 1. The Hall–Kier alpha value is 0.130. The monoisotopic (exact) mass is 222 g/mol. The quantitative estimate of drug-likeness (QED) is 0.656. The minimum absolute atomic E-state index is 0.118. The number of rotatable bonds is 2. The molecular weight excluding hydrogens is 208 g/mol. The van der Waals surface area contributed by atoms with Gasteiger partial charge in [-0.25, -0.2) is 0 Å². The van der Waals surface area contributed by atoms with Gasteiger partial charge in [0.2, 0.25) is 0 Å². The second-order valence-corrected chi connectivity index (χ2v) is 4.31. The second-order valence-electron chi connectivity index (χ2n) is 4.00. The van der Waals surface area contributed by atoms with E-state index < -0.39 is 5.79 Å². The lowest BCUT2D eigenvalue weighted by atomic mass is 10.2. The predicted octanol–water partition coefficient (Wildman–Crippen LogP) is 1.12. The SMILES string of the molecule is COC1O[C@@H](CCl)[C@@H]2OC(C)(C)O[C@H]12. The molecule has 0 aliphatic carbocycles. The lowest BCUT2D eigenvalue weighted by Gasteiger charge is -2.22. The Labute approximate surface area is 88.4 Å². The molecule has 0 aromatic rings. The average molecular weight is 223 g/mol. The topological polar surface area (TPSA) is 36.9 Å². The van der Waals surface area contributed by atoms with Gasteiger partial charge < -0.3 is 18.9 Å². The largest absolute Gasteiger partial charge is 0.353 e. The van der Waals surface area contributed by atoms with Gasteiger partial charge in [-0.2, -0.15) is 0 Å². The summed E-state index contributed by atoms with van der Waals surface area (Å²) in [6.45, 7) is 3.76. The standard InChI is InChI=1S/C9H15ClO4/c1-9(2)13-6-5(4-10)12-8(11-3)7(6)14-9/h5-8H,4H2,1-3H3/t5-,6-,7-,8?/m0/s1. The smallest absolute Gasteiger partial charge is 0.186 e. The molecule has 0 aromatic carbocycles. The van der Waals surface area contributed by atoms with Crippen molar-refractivity contribution in [3.8, 4) is 0 Å². The number of halogens is 1. The van der Waals surface area contributed by atoms with Crippen LogP contribution in [-0.2, 0) is 18.9 Å². The van der Waals surface area contributed by atoms with E-state index in [9.17, 15) is 0 Å². The fourth-order valence-electron chi connectivity index (χ4n) is 1.96. The Morgan fingerprint density at radius 2 is 1.93 bits per heavy atom. The van der Waals surface area contributed by atoms with Gasteiger partial charge in [0.1, 0.15) is 18.3 Å². The Morgan fingerprint density at radius 1 is 1.29 bits per heavy atom. The van der Waals surface area contributed by atoms with Crippen LogP contribution in [0, 0.1) is 0 Å². The van der Waals surface area contributed by atoms with Crippen LogP contribution in [0.1, 0.15) is 13.8 Å². The molecule has 0 spiro atoms. The van der Waals surface area contributed by atoms with Crippen molar-refractivity contribution in [1.29, 1.82) is 0 Å². The molecule has 4 atom stereocenters. The molecule has 1 unspecified atom stereocenters. The third kappa shape index (κ3) is 1.66. The van der Waals surface area contributed by atoms with Gasteiger partial charge in [0, 0.05) is 7.11 Å². The summed E-state index contributed by atoms with van der Waals surface area (Å²) >= 11 is 5.77. The predicted molar refractivity (Wildman–Crippen MR) is 50.2 cm³/mol. The number of ether oxygens (including phenoxy) is 4. The molecular formula is C9H15ClO4. The van der Waals surface area contributed by atoms with Gasteiger partial charge in [-0.15, -0.1) is 11.6 Å². The van der Waals surface area contributed by atoms with Crippen molar-refractivity contribution in [2.45, 2.75) is 44.2 Å². The Balaban J connectivity index is 2.12. The summed E-state index contributed by atoms with van der Waals surface area (Å²) in [6, 6.07) is 0. The molecule has 5 heteroatoms. The highest BCUT2D eigenvalue weighted by atomic mass is 35.5. The summed E-state index contributed by atoms with van der Waals surface area (Å²) in [5.41, 5.74) is 0. The Bertz CT molecular complexity index is 201. The molecule has 2 heterocycles. The van der Waals surface area contributed by atoms with E-state index in [1.807, 2.05) is 13.8 Å². The van der Waals surface area contributed by atoms with Gasteiger partial charge >= 0.3 is 0 Å². The first-order valence-corrected chi connectivity index (χ1v) is 5.21. The summed E-state index contributed by atoms with van der Waals surface area (Å²) in [4.78, 5) is 0. The van der Waals surface area contributed by atoms with Crippen LogP contribution in [0.2, 0.25) is 0 Å². The third-order valence-corrected chi connectivity index (χ3v) is 2.80. The van der Waals surface area contributed by atoms with Gasteiger partial charge in [-0.3, -0.25) is 0 Å². The van der Waals surface area contributed by atoms with Crippen molar-refractivity contribution in [3.63, 3.8) is 0 Å². The summed E-state index contributed by atoms with van der Waals surface area (Å²) in [7, 11) is 1.59. The van der Waals surface area contributed by atoms with Gasteiger partial charge in [0.15, 0.2) is 12.1 Å². The first-order chi connectivity index (χ1) is 6.57. The molecule has 2 fully saturated rings. The normalized spacial score (nSPS) is 45.4. The molecule has 4 nitrogen and oxygen atoms in total. The first kappa shape index (κ1) is 10.6. The van der Waals surface area contributed by atoms with E-state index in [0.29, 0.717) is 5.88 Å². The summed E-state index contributed by atoms with van der Waals surface area (Å²) in [5, 5.41) is 0. The van der Waals surface area contributed by atoms with Crippen LogP contribution in [-0.4, -0.2) is 43.4 Å².